The summed E-state index contributed by atoms with van der Waals surface area (Å²) in [5.41, 5.74) is 3.62. The standard InChI is InChI=1S/C23H21N3O2S2/c1-3-15-9-11-17(12-10-15)24-20(27)14-29-23-25-18-13-19(16-7-5-4-6-8-16)30-21(18)22(28)26(23)2/h4-13H,3,14H2,1-2H3,(H,24,27). The van der Waals surface area contributed by atoms with Crippen LogP contribution in [0.1, 0.15) is 12.5 Å². The molecular formula is C23H21N3O2S2. The highest BCUT2D eigenvalue weighted by molar-refractivity contribution is 7.99. The summed E-state index contributed by atoms with van der Waals surface area (Å²) in [6.45, 7) is 2.09. The lowest BCUT2D eigenvalue weighted by atomic mass is 10.1. The summed E-state index contributed by atoms with van der Waals surface area (Å²) in [6, 6.07) is 19.7. The molecule has 1 amide bonds. The van der Waals surface area contributed by atoms with Crippen LogP contribution in [-0.4, -0.2) is 21.2 Å². The highest BCUT2D eigenvalue weighted by Crippen LogP contribution is 2.31. The number of carbonyl (C=O) groups is 1. The molecule has 5 nitrogen and oxygen atoms in total. The van der Waals surface area contributed by atoms with Gasteiger partial charge in [0.15, 0.2) is 5.16 Å². The predicted molar refractivity (Wildman–Crippen MR) is 125 cm³/mol. The third kappa shape index (κ3) is 4.32. The minimum Gasteiger partial charge on any atom is -0.325 e. The van der Waals surface area contributed by atoms with E-state index in [0.717, 1.165) is 22.5 Å². The smallest absolute Gasteiger partial charge is 0.271 e. The molecule has 0 saturated carbocycles. The SMILES string of the molecule is CCc1ccc(NC(=O)CSc2nc3cc(-c4ccccc4)sc3c(=O)n2C)cc1. The fourth-order valence-electron chi connectivity index (χ4n) is 3.06. The van der Waals surface area contributed by atoms with Crippen LogP contribution in [0, 0.1) is 0 Å². The number of carbonyl (C=O) groups excluding carboxylic acids is 1. The zero-order valence-electron chi connectivity index (χ0n) is 16.7. The van der Waals surface area contributed by atoms with Crippen LogP contribution >= 0.6 is 23.1 Å². The van der Waals surface area contributed by atoms with Crippen LogP contribution in [0.4, 0.5) is 5.69 Å². The van der Waals surface area contributed by atoms with Gasteiger partial charge in [-0.1, -0.05) is 61.2 Å². The average Bonchev–Trinajstić information content (AvgIpc) is 3.21. The first-order chi connectivity index (χ1) is 14.5. The van der Waals surface area contributed by atoms with Gasteiger partial charge in [0.25, 0.3) is 5.56 Å². The van der Waals surface area contributed by atoms with E-state index < -0.39 is 0 Å². The van der Waals surface area contributed by atoms with E-state index in [-0.39, 0.29) is 17.2 Å². The molecule has 0 unspecified atom stereocenters. The summed E-state index contributed by atoms with van der Waals surface area (Å²) < 4.78 is 2.14. The fraction of sp³-hybridized carbons (Fsp3) is 0.174. The molecule has 7 heteroatoms. The molecule has 0 atom stereocenters. The minimum absolute atomic E-state index is 0.0924. The van der Waals surface area contributed by atoms with E-state index in [1.54, 1.807) is 7.05 Å². The Labute approximate surface area is 182 Å². The van der Waals surface area contributed by atoms with E-state index in [2.05, 4.69) is 17.2 Å². The van der Waals surface area contributed by atoms with Crippen molar-refractivity contribution in [3.8, 4) is 10.4 Å². The monoisotopic (exact) mass is 435 g/mol. The summed E-state index contributed by atoms with van der Waals surface area (Å²) in [5, 5.41) is 3.42. The topological polar surface area (TPSA) is 64.0 Å². The number of anilines is 1. The minimum atomic E-state index is -0.131. The number of amides is 1. The lowest BCUT2D eigenvalue weighted by molar-refractivity contribution is -0.113. The molecule has 0 aliphatic heterocycles. The average molecular weight is 436 g/mol. The first-order valence-electron chi connectivity index (χ1n) is 9.62. The predicted octanol–water partition coefficient (Wildman–Crippen LogP) is 4.96. The molecule has 30 heavy (non-hydrogen) atoms. The van der Waals surface area contributed by atoms with Crippen LogP contribution in [0.5, 0.6) is 0 Å². The molecule has 0 bridgehead atoms. The lowest BCUT2D eigenvalue weighted by Gasteiger charge is -2.08. The molecule has 0 aliphatic rings. The van der Waals surface area contributed by atoms with Gasteiger partial charge < -0.3 is 5.32 Å². The van der Waals surface area contributed by atoms with E-state index in [0.29, 0.717) is 15.4 Å². The van der Waals surface area contributed by atoms with Crippen molar-refractivity contribution in [2.75, 3.05) is 11.1 Å². The van der Waals surface area contributed by atoms with Crippen molar-refractivity contribution < 1.29 is 4.79 Å². The normalized spacial score (nSPS) is 11.0. The van der Waals surface area contributed by atoms with Crippen LogP contribution in [-0.2, 0) is 18.3 Å². The Hall–Kier alpha value is -2.90. The maximum Gasteiger partial charge on any atom is 0.271 e. The Morgan fingerprint density at radius 3 is 2.57 bits per heavy atom. The Kier molecular flexibility index (Phi) is 6.01. The Morgan fingerprint density at radius 2 is 1.87 bits per heavy atom. The van der Waals surface area contributed by atoms with E-state index in [1.807, 2.05) is 60.7 Å². The second-order valence-electron chi connectivity index (χ2n) is 6.84. The van der Waals surface area contributed by atoms with Crippen LogP contribution < -0.4 is 10.9 Å². The number of fused-ring (bicyclic) bond motifs is 1. The van der Waals surface area contributed by atoms with Crippen LogP contribution in [0.2, 0.25) is 0 Å². The molecule has 4 aromatic rings. The number of thioether (sulfide) groups is 1. The summed E-state index contributed by atoms with van der Waals surface area (Å²) in [6.07, 6.45) is 0.959. The lowest BCUT2D eigenvalue weighted by Crippen LogP contribution is -2.20. The van der Waals surface area contributed by atoms with Gasteiger partial charge in [0, 0.05) is 17.6 Å². The molecule has 152 valence electrons. The molecule has 4 rings (SSSR count). The van der Waals surface area contributed by atoms with Crippen LogP contribution in [0.3, 0.4) is 0 Å². The zero-order valence-corrected chi connectivity index (χ0v) is 18.3. The second kappa shape index (κ2) is 8.85. The summed E-state index contributed by atoms with van der Waals surface area (Å²) >= 11 is 2.71. The van der Waals surface area contributed by atoms with Gasteiger partial charge in [0.1, 0.15) is 4.70 Å². The quantitative estimate of drug-likeness (QED) is 0.344. The number of rotatable bonds is 6. The Balaban J connectivity index is 1.51. The number of hydrogen-bond donors (Lipinski definition) is 1. The van der Waals surface area contributed by atoms with Crippen LogP contribution in [0.25, 0.3) is 20.7 Å². The van der Waals surface area contributed by atoms with Gasteiger partial charge in [-0.25, -0.2) is 4.98 Å². The first kappa shape index (κ1) is 20.4. The molecule has 0 fully saturated rings. The maximum absolute atomic E-state index is 12.8. The van der Waals surface area contributed by atoms with Gasteiger partial charge >= 0.3 is 0 Å². The van der Waals surface area contributed by atoms with Gasteiger partial charge in [0.05, 0.1) is 11.3 Å². The number of aromatic nitrogens is 2. The highest BCUT2D eigenvalue weighted by Gasteiger charge is 2.14. The number of nitrogens with one attached hydrogen (secondary N) is 1. The fourth-order valence-corrected chi connectivity index (χ4v) is 4.91. The molecule has 0 radical (unpaired) electrons. The maximum atomic E-state index is 12.8. The van der Waals surface area contributed by atoms with E-state index in [9.17, 15) is 9.59 Å². The molecule has 0 saturated heterocycles. The van der Waals surface area contributed by atoms with E-state index in [4.69, 9.17) is 0 Å². The van der Waals surface area contributed by atoms with Gasteiger partial charge in [-0.2, -0.15) is 0 Å². The van der Waals surface area contributed by atoms with Crippen molar-refractivity contribution in [3.05, 3.63) is 76.6 Å². The first-order valence-corrected chi connectivity index (χ1v) is 11.4. The third-order valence-corrected chi connectivity index (χ3v) is 6.94. The van der Waals surface area contributed by atoms with Crippen molar-refractivity contribution >= 4 is 44.9 Å². The zero-order chi connectivity index (χ0) is 21.1. The molecule has 1 N–H and O–H groups in total. The van der Waals surface area contributed by atoms with Crippen molar-refractivity contribution in [3.63, 3.8) is 0 Å². The van der Waals surface area contributed by atoms with Gasteiger partial charge in [0.2, 0.25) is 5.91 Å². The van der Waals surface area contributed by atoms with Gasteiger partial charge in [-0.3, -0.25) is 14.2 Å². The van der Waals surface area contributed by atoms with E-state index >= 15 is 0 Å². The molecule has 2 aromatic heterocycles. The summed E-state index contributed by atoms with van der Waals surface area (Å²) in [7, 11) is 1.69. The van der Waals surface area contributed by atoms with Crippen LogP contribution in [0.15, 0.2) is 70.6 Å². The number of thiophene rings is 1. The highest BCUT2D eigenvalue weighted by atomic mass is 32.2. The molecule has 2 heterocycles. The van der Waals surface area contributed by atoms with Crippen molar-refractivity contribution in [2.24, 2.45) is 7.05 Å². The van der Waals surface area contributed by atoms with Gasteiger partial charge in [-0.05, 0) is 35.7 Å². The summed E-state index contributed by atoms with van der Waals surface area (Å²) in [4.78, 5) is 30.8. The van der Waals surface area contributed by atoms with Crippen molar-refractivity contribution in [1.82, 2.24) is 9.55 Å². The number of benzene rings is 2. The van der Waals surface area contributed by atoms with Crippen molar-refractivity contribution in [2.45, 2.75) is 18.5 Å². The third-order valence-electron chi connectivity index (χ3n) is 4.75. The Bertz CT molecular complexity index is 1250. The number of nitrogens with zero attached hydrogens (tertiary/aromatic N) is 2. The largest absolute Gasteiger partial charge is 0.325 e. The van der Waals surface area contributed by atoms with Gasteiger partial charge in [-0.15, -0.1) is 11.3 Å². The molecule has 0 spiro atoms. The molecule has 2 aromatic carbocycles. The molecular weight excluding hydrogens is 414 g/mol. The second-order valence-corrected chi connectivity index (χ2v) is 8.83. The van der Waals surface area contributed by atoms with E-state index in [1.165, 1.54) is 33.2 Å². The summed E-state index contributed by atoms with van der Waals surface area (Å²) in [5.74, 6) is 0.0469. The van der Waals surface area contributed by atoms with Crippen molar-refractivity contribution in [1.29, 1.82) is 0 Å². The molecule has 0 aliphatic carbocycles. The number of hydrogen-bond acceptors (Lipinski definition) is 5. The number of aryl methyl sites for hydroxylation is 1. The Morgan fingerprint density at radius 1 is 1.13 bits per heavy atom.